The molecule has 1 aliphatic rings. The first-order chi connectivity index (χ1) is 9.10. The zero-order valence-electron chi connectivity index (χ0n) is 10.2. The molecule has 6 heteroatoms. The molecule has 0 aliphatic carbocycles. The van der Waals surface area contributed by atoms with Crippen LogP contribution in [0.25, 0.3) is 0 Å². The molecular formula is C13H14N2O4. The van der Waals surface area contributed by atoms with E-state index in [9.17, 15) is 14.4 Å². The van der Waals surface area contributed by atoms with E-state index in [1.54, 1.807) is 24.3 Å². The van der Waals surface area contributed by atoms with Crippen LogP contribution in [0.2, 0.25) is 0 Å². The molecule has 1 saturated heterocycles. The van der Waals surface area contributed by atoms with Gasteiger partial charge in [-0.3, -0.25) is 19.7 Å². The van der Waals surface area contributed by atoms with Crippen LogP contribution in [0.1, 0.15) is 28.8 Å². The number of aliphatic hydroxyl groups is 1. The molecule has 0 saturated carbocycles. The van der Waals surface area contributed by atoms with Gasteiger partial charge in [-0.1, -0.05) is 12.1 Å². The highest BCUT2D eigenvalue weighted by atomic mass is 16.3. The van der Waals surface area contributed by atoms with Gasteiger partial charge in [-0.2, -0.15) is 0 Å². The van der Waals surface area contributed by atoms with E-state index in [4.69, 9.17) is 5.11 Å². The largest absolute Gasteiger partial charge is 0.392 e. The Kier molecular flexibility index (Phi) is 3.91. The second kappa shape index (κ2) is 5.62. The lowest BCUT2D eigenvalue weighted by Crippen LogP contribution is -2.52. The fourth-order valence-electron chi connectivity index (χ4n) is 1.83. The van der Waals surface area contributed by atoms with Crippen LogP contribution in [-0.2, 0) is 16.2 Å². The highest BCUT2D eigenvalue weighted by Gasteiger charge is 2.27. The highest BCUT2D eigenvalue weighted by molar-refractivity contribution is 6.03. The van der Waals surface area contributed by atoms with E-state index in [1.807, 2.05) is 0 Å². The van der Waals surface area contributed by atoms with Crippen molar-refractivity contribution < 1.29 is 19.5 Å². The van der Waals surface area contributed by atoms with E-state index in [0.29, 0.717) is 17.5 Å². The van der Waals surface area contributed by atoms with Crippen LogP contribution in [0.15, 0.2) is 24.3 Å². The number of benzene rings is 1. The summed E-state index contributed by atoms with van der Waals surface area (Å²) >= 11 is 0. The summed E-state index contributed by atoms with van der Waals surface area (Å²) in [5.41, 5.74) is 1.11. The third kappa shape index (κ3) is 3.17. The first-order valence-corrected chi connectivity index (χ1v) is 5.94. The molecule has 3 N–H and O–H groups in total. The maximum atomic E-state index is 11.9. The van der Waals surface area contributed by atoms with Gasteiger partial charge in [0, 0.05) is 12.0 Å². The van der Waals surface area contributed by atoms with Crippen LogP contribution < -0.4 is 10.6 Å². The van der Waals surface area contributed by atoms with Gasteiger partial charge in [0.1, 0.15) is 6.04 Å². The van der Waals surface area contributed by atoms with E-state index < -0.39 is 11.9 Å². The number of carbonyl (C=O) groups excluding carboxylic acids is 3. The van der Waals surface area contributed by atoms with Gasteiger partial charge in [-0.15, -0.1) is 0 Å². The average Bonchev–Trinajstić information content (AvgIpc) is 2.42. The molecule has 1 aromatic carbocycles. The van der Waals surface area contributed by atoms with Crippen molar-refractivity contribution >= 4 is 17.7 Å². The standard InChI is InChI=1S/C13H14N2O4/c16-7-8-1-3-9(4-2-8)12(18)14-10-5-6-11(17)15-13(10)19/h1-4,10,16H,5-7H2,(H,14,18)(H,15,17,19). The molecule has 1 aliphatic heterocycles. The number of hydrogen-bond donors (Lipinski definition) is 3. The average molecular weight is 262 g/mol. The maximum absolute atomic E-state index is 11.9. The smallest absolute Gasteiger partial charge is 0.251 e. The minimum absolute atomic E-state index is 0.0883. The number of imide groups is 1. The Bertz CT molecular complexity index is 510. The van der Waals surface area contributed by atoms with Gasteiger partial charge in [-0.25, -0.2) is 0 Å². The van der Waals surface area contributed by atoms with Crippen LogP contribution in [0, 0.1) is 0 Å². The summed E-state index contributed by atoms with van der Waals surface area (Å²) < 4.78 is 0. The zero-order valence-corrected chi connectivity index (χ0v) is 10.2. The first kappa shape index (κ1) is 13.2. The summed E-state index contributed by atoms with van der Waals surface area (Å²) in [4.78, 5) is 34.4. The summed E-state index contributed by atoms with van der Waals surface area (Å²) in [6, 6.07) is 5.75. The topological polar surface area (TPSA) is 95.5 Å². The lowest BCUT2D eigenvalue weighted by Gasteiger charge is -2.21. The van der Waals surface area contributed by atoms with Gasteiger partial charge in [0.25, 0.3) is 5.91 Å². The predicted molar refractivity (Wildman–Crippen MR) is 66.0 cm³/mol. The van der Waals surface area contributed by atoms with Crippen molar-refractivity contribution in [3.05, 3.63) is 35.4 Å². The van der Waals surface area contributed by atoms with Crippen molar-refractivity contribution in [3.63, 3.8) is 0 Å². The van der Waals surface area contributed by atoms with Gasteiger partial charge in [0.2, 0.25) is 11.8 Å². The first-order valence-electron chi connectivity index (χ1n) is 5.94. The molecule has 0 radical (unpaired) electrons. The Hall–Kier alpha value is -2.21. The molecule has 1 aromatic rings. The van der Waals surface area contributed by atoms with Gasteiger partial charge >= 0.3 is 0 Å². The minimum Gasteiger partial charge on any atom is -0.392 e. The minimum atomic E-state index is -0.678. The Morgan fingerprint density at radius 2 is 2.00 bits per heavy atom. The van der Waals surface area contributed by atoms with Gasteiger partial charge in [0.15, 0.2) is 0 Å². The van der Waals surface area contributed by atoms with Crippen LogP contribution in [0.3, 0.4) is 0 Å². The molecule has 1 heterocycles. The van der Waals surface area contributed by atoms with Gasteiger partial charge in [0.05, 0.1) is 6.61 Å². The fourth-order valence-corrected chi connectivity index (χ4v) is 1.83. The zero-order chi connectivity index (χ0) is 13.8. The number of piperidine rings is 1. The van der Waals surface area contributed by atoms with Crippen molar-refractivity contribution in [2.24, 2.45) is 0 Å². The molecule has 19 heavy (non-hydrogen) atoms. The molecule has 1 unspecified atom stereocenters. The molecule has 0 aromatic heterocycles. The van der Waals surface area contributed by atoms with Crippen LogP contribution in [0.5, 0.6) is 0 Å². The summed E-state index contributed by atoms with van der Waals surface area (Å²) in [6.45, 7) is -0.0883. The molecule has 100 valence electrons. The molecular weight excluding hydrogens is 248 g/mol. The van der Waals surface area contributed by atoms with Crippen LogP contribution >= 0.6 is 0 Å². The fraction of sp³-hybridized carbons (Fsp3) is 0.308. The second-order valence-corrected chi connectivity index (χ2v) is 4.33. The van der Waals surface area contributed by atoms with E-state index >= 15 is 0 Å². The SMILES string of the molecule is O=C1CCC(NC(=O)c2ccc(CO)cc2)C(=O)N1. The monoisotopic (exact) mass is 262 g/mol. The molecule has 3 amide bonds. The van der Waals surface area contributed by atoms with Gasteiger partial charge < -0.3 is 10.4 Å². The number of amides is 3. The second-order valence-electron chi connectivity index (χ2n) is 4.33. The third-order valence-electron chi connectivity index (χ3n) is 2.94. The lowest BCUT2D eigenvalue weighted by molar-refractivity contribution is -0.134. The quantitative estimate of drug-likeness (QED) is 0.652. The van der Waals surface area contributed by atoms with E-state index in [0.717, 1.165) is 0 Å². The van der Waals surface area contributed by atoms with Gasteiger partial charge in [-0.05, 0) is 24.1 Å². The molecule has 2 rings (SSSR count). The van der Waals surface area contributed by atoms with Crippen molar-refractivity contribution in [1.29, 1.82) is 0 Å². The number of hydrogen-bond acceptors (Lipinski definition) is 4. The van der Waals surface area contributed by atoms with E-state index in [2.05, 4.69) is 10.6 Å². The Morgan fingerprint density at radius 1 is 1.32 bits per heavy atom. The normalized spacial score (nSPS) is 18.9. The summed E-state index contributed by atoms with van der Waals surface area (Å²) in [6.07, 6.45) is 0.533. The molecule has 6 nitrogen and oxygen atoms in total. The maximum Gasteiger partial charge on any atom is 0.251 e. The van der Waals surface area contributed by atoms with Crippen molar-refractivity contribution in [3.8, 4) is 0 Å². The lowest BCUT2D eigenvalue weighted by atomic mass is 10.1. The number of rotatable bonds is 3. The third-order valence-corrected chi connectivity index (χ3v) is 2.94. The molecule has 0 spiro atoms. The van der Waals surface area contributed by atoms with Crippen molar-refractivity contribution in [2.45, 2.75) is 25.5 Å². The summed E-state index contributed by atoms with van der Waals surface area (Å²) in [5.74, 6) is -1.17. The summed E-state index contributed by atoms with van der Waals surface area (Å²) in [5, 5.41) is 13.7. The number of aliphatic hydroxyl groups excluding tert-OH is 1. The molecule has 1 fully saturated rings. The number of nitrogens with one attached hydrogen (secondary N) is 2. The van der Waals surface area contributed by atoms with E-state index in [1.165, 1.54) is 0 Å². The van der Waals surface area contributed by atoms with Crippen LogP contribution in [0.4, 0.5) is 0 Å². The summed E-state index contributed by atoms with van der Waals surface area (Å²) in [7, 11) is 0. The van der Waals surface area contributed by atoms with Crippen molar-refractivity contribution in [2.75, 3.05) is 0 Å². The molecule has 1 atom stereocenters. The van der Waals surface area contributed by atoms with Crippen molar-refractivity contribution in [1.82, 2.24) is 10.6 Å². The Labute approximate surface area is 109 Å². The Balaban J connectivity index is 2.00. The van der Waals surface area contributed by atoms with E-state index in [-0.39, 0.29) is 24.8 Å². The molecule has 0 bridgehead atoms. The predicted octanol–water partition coefficient (Wildman–Crippen LogP) is -0.286. The highest BCUT2D eigenvalue weighted by Crippen LogP contribution is 2.08. The number of carbonyl (C=O) groups is 3. The van der Waals surface area contributed by atoms with Crippen LogP contribution in [-0.4, -0.2) is 28.9 Å². The Morgan fingerprint density at radius 3 is 2.58 bits per heavy atom.